The summed E-state index contributed by atoms with van der Waals surface area (Å²) in [5, 5.41) is 44.6. The summed E-state index contributed by atoms with van der Waals surface area (Å²) in [6.07, 6.45) is -4.81. The number of rotatable bonds is 4. The molecule has 3 rings (SSSR count). The minimum Gasteiger partial charge on any atom is -0.508 e. The highest BCUT2D eigenvalue weighted by Gasteiger charge is 2.29. The van der Waals surface area contributed by atoms with Crippen LogP contribution in [0.4, 0.5) is 4.79 Å². The zero-order valence-electron chi connectivity index (χ0n) is 19.5. The first-order valence-corrected chi connectivity index (χ1v) is 10.9. The van der Waals surface area contributed by atoms with E-state index in [0.717, 1.165) is 0 Å². The number of hydrogen-bond donors (Lipinski definition) is 8. The summed E-state index contributed by atoms with van der Waals surface area (Å²) in [6, 6.07) is 6.86. The first-order valence-electron chi connectivity index (χ1n) is 10.9. The van der Waals surface area contributed by atoms with Gasteiger partial charge in [0, 0.05) is 31.4 Å². The maximum atomic E-state index is 13.0. The van der Waals surface area contributed by atoms with Crippen molar-refractivity contribution in [2.75, 3.05) is 6.54 Å². The van der Waals surface area contributed by atoms with E-state index in [1.54, 1.807) is 24.3 Å². The molecule has 0 unspecified atom stereocenters. The molecule has 37 heavy (non-hydrogen) atoms. The Morgan fingerprint density at radius 1 is 0.973 bits per heavy atom. The highest BCUT2D eigenvalue weighted by atomic mass is 35.5. The van der Waals surface area contributed by atoms with E-state index in [2.05, 4.69) is 10.6 Å². The first-order chi connectivity index (χ1) is 16.6. The Labute approximate surface area is 224 Å². The molecule has 10 N–H and O–H groups in total. The molecular weight excluding hydrogens is 531 g/mol. The number of carboxylic acid groups (broad SMARTS) is 1. The normalized spacial score (nSPS) is 20.5. The van der Waals surface area contributed by atoms with E-state index in [1.807, 2.05) is 0 Å². The molecule has 0 saturated carbocycles. The topological polar surface area (TPSA) is 217 Å². The van der Waals surface area contributed by atoms with Crippen molar-refractivity contribution < 1.29 is 39.5 Å². The number of hydrogen-bond acceptors (Lipinski definition) is 9. The second kappa shape index (κ2) is 13.9. The van der Waals surface area contributed by atoms with Gasteiger partial charge in [0.25, 0.3) is 0 Å². The number of aliphatic hydroxyl groups is 1. The molecule has 0 aromatic heterocycles. The molecule has 14 heteroatoms. The van der Waals surface area contributed by atoms with E-state index in [4.69, 9.17) is 21.3 Å². The molecule has 2 amide bonds. The zero-order valence-corrected chi connectivity index (χ0v) is 21.1. The Morgan fingerprint density at radius 3 is 2.03 bits per heavy atom. The van der Waals surface area contributed by atoms with Crippen LogP contribution in [-0.4, -0.2) is 69.4 Å². The van der Waals surface area contributed by atoms with Crippen molar-refractivity contribution in [1.29, 1.82) is 0 Å². The third-order valence-electron chi connectivity index (χ3n) is 5.63. The van der Waals surface area contributed by atoms with Gasteiger partial charge in [0.1, 0.15) is 17.5 Å². The Balaban J connectivity index is 0.00000342. The van der Waals surface area contributed by atoms with Crippen LogP contribution in [0.15, 0.2) is 36.4 Å². The van der Waals surface area contributed by atoms with E-state index in [1.165, 1.54) is 12.1 Å². The molecule has 0 saturated heterocycles. The summed E-state index contributed by atoms with van der Waals surface area (Å²) in [4.78, 5) is 37.0. The lowest BCUT2D eigenvalue weighted by atomic mass is 9.96. The number of phenolic OH excluding ortho intramolecular Hbond substituents is 2. The molecule has 1 aliphatic rings. The number of carbonyl (C=O) groups is 3. The number of fused-ring (bicyclic) bond motifs is 5. The summed E-state index contributed by atoms with van der Waals surface area (Å²) in [5.74, 6) is -1.82. The van der Waals surface area contributed by atoms with Crippen LogP contribution in [0.2, 0.25) is 0 Å². The number of nitrogens with two attached hydrogens (primary N) is 2. The smallest absolute Gasteiger partial charge is 0.507 e. The SMILES string of the molecule is Cl.Cl.NC[C@H](O)C[C@@H]1NC(=O)[C@@H](N)Cc2cc(ccc2O)-c2ccc(O)c(c2)C[C@H](OC(=O)O)NC1=O. The number of benzene rings is 2. The van der Waals surface area contributed by atoms with Gasteiger partial charge in [0.2, 0.25) is 11.8 Å². The van der Waals surface area contributed by atoms with E-state index >= 15 is 0 Å². The Bertz CT molecular complexity index is 1120. The fourth-order valence-electron chi connectivity index (χ4n) is 3.77. The van der Waals surface area contributed by atoms with Crippen molar-refractivity contribution in [3.05, 3.63) is 47.5 Å². The van der Waals surface area contributed by atoms with Crippen LogP contribution in [0.3, 0.4) is 0 Å². The van der Waals surface area contributed by atoms with Crippen molar-refractivity contribution >= 4 is 42.8 Å². The highest BCUT2D eigenvalue weighted by Crippen LogP contribution is 2.30. The van der Waals surface area contributed by atoms with Crippen molar-refractivity contribution in [1.82, 2.24) is 10.6 Å². The molecule has 4 atom stereocenters. The predicted octanol–water partition coefficient (Wildman–Crippen LogP) is 0.366. The Morgan fingerprint density at radius 2 is 1.51 bits per heavy atom. The van der Waals surface area contributed by atoms with Gasteiger partial charge in [-0.25, -0.2) is 4.79 Å². The van der Waals surface area contributed by atoms with Gasteiger partial charge >= 0.3 is 6.16 Å². The maximum absolute atomic E-state index is 13.0. The molecule has 1 heterocycles. The fourth-order valence-corrected chi connectivity index (χ4v) is 3.77. The number of ether oxygens (including phenoxy) is 1. The van der Waals surface area contributed by atoms with E-state index in [9.17, 15) is 29.7 Å². The molecule has 0 aliphatic carbocycles. The van der Waals surface area contributed by atoms with Crippen molar-refractivity contribution in [3.8, 4) is 22.6 Å². The number of nitrogens with one attached hydrogen (secondary N) is 2. The quantitative estimate of drug-likeness (QED) is 0.240. The van der Waals surface area contributed by atoms with Gasteiger partial charge in [-0.2, -0.15) is 0 Å². The lowest BCUT2D eigenvalue weighted by Gasteiger charge is -2.25. The second-order valence-electron chi connectivity index (χ2n) is 8.27. The van der Waals surface area contributed by atoms with Crippen molar-refractivity contribution in [2.45, 2.75) is 43.7 Å². The van der Waals surface area contributed by atoms with Crippen LogP contribution >= 0.6 is 24.8 Å². The minimum atomic E-state index is -1.67. The summed E-state index contributed by atoms with van der Waals surface area (Å²) in [5.41, 5.74) is 13.4. The largest absolute Gasteiger partial charge is 0.508 e. The number of phenols is 2. The molecule has 0 spiro atoms. The zero-order chi connectivity index (χ0) is 25.7. The van der Waals surface area contributed by atoms with Gasteiger partial charge in [-0.05, 0) is 41.0 Å². The van der Waals surface area contributed by atoms with E-state index in [-0.39, 0.29) is 67.7 Å². The molecule has 2 aromatic rings. The van der Waals surface area contributed by atoms with Gasteiger partial charge in [-0.15, -0.1) is 24.8 Å². The first kappa shape index (κ1) is 31.7. The number of aliphatic hydroxyl groups excluding tert-OH is 1. The van der Waals surface area contributed by atoms with Crippen LogP contribution in [0.1, 0.15) is 17.5 Å². The summed E-state index contributed by atoms with van der Waals surface area (Å²) < 4.78 is 4.80. The van der Waals surface area contributed by atoms with E-state index < -0.39 is 42.4 Å². The summed E-state index contributed by atoms with van der Waals surface area (Å²) >= 11 is 0. The lowest BCUT2D eigenvalue weighted by Crippen LogP contribution is -2.55. The minimum absolute atomic E-state index is 0. The molecule has 0 fully saturated rings. The number of aromatic hydroxyl groups is 2. The molecule has 12 nitrogen and oxygen atoms in total. The van der Waals surface area contributed by atoms with Crippen LogP contribution < -0.4 is 22.1 Å². The highest BCUT2D eigenvalue weighted by molar-refractivity contribution is 5.90. The number of amides is 2. The summed E-state index contributed by atoms with van der Waals surface area (Å²) in [7, 11) is 0. The van der Waals surface area contributed by atoms with Crippen LogP contribution in [-0.2, 0) is 27.2 Å². The maximum Gasteiger partial charge on any atom is 0.507 e. The van der Waals surface area contributed by atoms with Gasteiger partial charge in [-0.1, -0.05) is 12.1 Å². The average Bonchev–Trinajstić information content (AvgIpc) is 2.80. The number of carbonyl (C=O) groups excluding carboxylic acids is 2. The lowest BCUT2D eigenvalue weighted by molar-refractivity contribution is -0.132. The van der Waals surface area contributed by atoms with Gasteiger partial charge in [-0.3, -0.25) is 9.59 Å². The Kier molecular flexibility index (Phi) is 11.9. The van der Waals surface area contributed by atoms with Crippen LogP contribution in [0.5, 0.6) is 11.5 Å². The van der Waals surface area contributed by atoms with Crippen molar-refractivity contribution in [2.24, 2.45) is 11.5 Å². The van der Waals surface area contributed by atoms with Crippen LogP contribution in [0, 0.1) is 0 Å². The third-order valence-corrected chi connectivity index (χ3v) is 5.63. The van der Waals surface area contributed by atoms with Gasteiger partial charge < -0.3 is 47.3 Å². The molecular formula is C23H30Cl2N4O8. The molecule has 2 aromatic carbocycles. The fraction of sp³-hybridized carbons (Fsp3) is 0.348. The monoisotopic (exact) mass is 560 g/mol. The second-order valence-corrected chi connectivity index (χ2v) is 8.27. The number of halogens is 2. The molecule has 0 radical (unpaired) electrons. The predicted molar refractivity (Wildman–Crippen MR) is 138 cm³/mol. The van der Waals surface area contributed by atoms with E-state index in [0.29, 0.717) is 16.7 Å². The third kappa shape index (κ3) is 8.37. The summed E-state index contributed by atoms with van der Waals surface area (Å²) in [6.45, 7) is -0.192. The average molecular weight is 561 g/mol. The Hall–Kier alpha value is -3.29. The molecule has 4 bridgehead atoms. The van der Waals surface area contributed by atoms with Crippen molar-refractivity contribution in [3.63, 3.8) is 0 Å². The molecule has 1 aliphatic heterocycles. The van der Waals surface area contributed by atoms with Gasteiger partial charge in [0.15, 0.2) is 6.23 Å². The van der Waals surface area contributed by atoms with Crippen LogP contribution in [0.25, 0.3) is 11.1 Å². The van der Waals surface area contributed by atoms with Gasteiger partial charge in [0.05, 0.1) is 12.1 Å². The molecule has 204 valence electrons. The standard InChI is InChI=1S/C23H28N4O8.2ClH/c24-10-15(28)9-17-22(32)27-20(35-23(33)34)8-14-6-12(2-4-19(14)30)11-1-3-18(29)13(5-11)7-16(25)21(31)26-17;;/h1-6,15-17,20,28-30H,7-10,24-25H2,(H,26,31)(H,27,32)(H,33,34);2*1H/t15-,16+,17+,20+;;/m1../s1.